The minimum Gasteiger partial charge on any atom is -0.424 e. The number of hydrogen-bond acceptors (Lipinski definition) is 4. The topological polar surface area (TPSA) is 44.1 Å². The van der Waals surface area contributed by atoms with Crippen LogP contribution in [0.4, 0.5) is 4.39 Å². The van der Waals surface area contributed by atoms with Crippen LogP contribution in [0.1, 0.15) is 17.6 Å². The standard InChI is InChI=1S/C19H15FN2O2S/c1-11-19(24-12(2)23)14-9-13(20)7-8-16(14)22(11)10-18-21-15-5-3-4-6-17(15)25-18/h3-9H,10H2,1-2H3. The fourth-order valence-corrected chi connectivity index (χ4v) is 3.98. The highest BCUT2D eigenvalue weighted by atomic mass is 32.1. The van der Waals surface area contributed by atoms with Crippen LogP contribution in [0.3, 0.4) is 0 Å². The van der Waals surface area contributed by atoms with Crippen LogP contribution in [0.5, 0.6) is 5.75 Å². The zero-order valence-electron chi connectivity index (χ0n) is 13.7. The molecule has 0 aliphatic rings. The molecule has 0 atom stereocenters. The predicted octanol–water partition coefficient (Wildman–Crippen LogP) is 4.67. The molecule has 4 rings (SSSR count). The normalized spacial score (nSPS) is 11.3. The molecule has 2 aromatic heterocycles. The van der Waals surface area contributed by atoms with Crippen LogP contribution < -0.4 is 4.74 Å². The molecule has 25 heavy (non-hydrogen) atoms. The number of ether oxygens (including phenoxy) is 1. The molecule has 4 nitrogen and oxygen atoms in total. The van der Waals surface area contributed by atoms with Crippen LogP contribution in [0.15, 0.2) is 42.5 Å². The molecule has 0 radical (unpaired) electrons. The van der Waals surface area contributed by atoms with Gasteiger partial charge in [-0.15, -0.1) is 11.3 Å². The molecule has 2 aromatic carbocycles. The van der Waals surface area contributed by atoms with Crippen LogP contribution in [-0.4, -0.2) is 15.5 Å². The van der Waals surface area contributed by atoms with E-state index < -0.39 is 5.97 Å². The predicted molar refractivity (Wildman–Crippen MR) is 96.7 cm³/mol. The van der Waals surface area contributed by atoms with Gasteiger partial charge in [-0.3, -0.25) is 4.79 Å². The molecule has 2 heterocycles. The molecule has 0 unspecified atom stereocenters. The van der Waals surface area contributed by atoms with E-state index in [-0.39, 0.29) is 5.82 Å². The molecular formula is C19H15FN2O2S. The lowest BCUT2D eigenvalue weighted by molar-refractivity contribution is -0.131. The van der Waals surface area contributed by atoms with Crippen molar-refractivity contribution in [2.24, 2.45) is 0 Å². The number of benzene rings is 2. The SMILES string of the molecule is CC(=O)Oc1c(C)n(Cc2nc3ccccc3s2)c2ccc(F)cc12. The molecule has 0 fully saturated rings. The summed E-state index contributed by atoms with van der Waals surface area (Å²) < 4.78 is 22.2. The maximum absolute atomic E-state index is 13.7. The van der Waals surface area contributed by atoms with Gasteiger partial charge in [0.1, 0.15) is 10.8 Å². The maximum Gasteiger partial charge on any atom is 0.308 e. The zero-order chi connectivity index (χ0) is 17.6. The Balaban J connectivity index is 1.85. The van der Waals surface area contributed by atoms with E-state index in [1.54, 1.807) is 17.4 Å². The average molecular weight is 354 g/mol. The summed E-state index contributed by atoms with van der Waals surface area (Å²) in [7, 11) is 0. The quantitative estimate of drug-likeness (QED) is 0.502. The molecule has 0 saturated carbocycles. The van der Waals surface area contributed by atoms with Crippen molar-refractivity contribution >= 4 is 38.4 Å². The van der Waals surface area contributed by atoms with Gasteiger partial charge in [0.2, 0.25) is 0 Å². The number of rotatable bonds is 3. The van der Waals surface area contributed by atoms with Gasteiger partial charge in [-0.25, -0.2) is 9.37 Å². The van der Waals surface area contributed by atoms with Gasteiger partial charge in [0.15, 0.2) is 5.75 Å². The first-order chi connectivity index (χ1) is 12.0. The molecular weight excluding hydrogens is 339 g/mol. The van der Waals surface area contributed by atoms with Crippen molar-refractivity contribution in [1.82, 2.24) is 9.55 Å². The fourth-order valence-electron chi connectivity index (χ4n) is 3.02. The summed E-state index contributed by atoms with van der Waals surface area (Å²) in [6, 6.07) is 12.5. The number of hydrogen-bond donors (Lipinski definition) is 0. The second-order valence-corrected chi connectivity index (χ2v) is 6.95. The third kappa shape index (κ3) is 2.78. The Labute approximate surface area is 147 Å². The van der Waals surface area contributed by atoms with E-state index >= 15 is 0 Å². The van der Waals surface area contributed by atoms with E-state index in [2.05, 4.69) is 4.98 Å². The number of thiazole rings is 1. The lowest BCUT2D eigenvalue weighted by Gasteiger charge is -2.06. The number of carbonyl (C=O) groups excluding carboxylic acids is 1. The van der Waals surface area contributed by atoms with Crippen molar-refractivity contribution in [1.29, 1.82) is 0 Å². The number of halogens is 1. The summed E-state index contributed by atoms with van der Waals surface area (Å²) in [6.07, 6.45) is 0. The molecule has 4 aromatic rings. The van der Waals surface area contributed by atoms with Gasteiger partial charge >= 0.3 is 5.97 Å². The Morgan fingerprint density at radius 3 is 2.84 bits per heavy atom. The van der Waals surface area contributed by atoms with Crippen molar-refractivity contribution in [3.8, 4) is 5.75 Å². The summed E-state index contributed by atoms with van der Waals surface area (Å²) in [5.41, 5.74) is 2.55. The molecule has 0 bridgehead atoms. The molecule has 6 heteroatoms. The van der Waals surface area contributed by atoms with Crippen molar-refractivity contribution in [3.63, 3.8) is 0 Å². The van der Waals surface area contributed by atoms with Crippen molar-refractivity contribution in [3.05, 3.63) is 59.0 Å². The Morgan fingerprint density at radius 2 is 2.08 bits per heavy atom. The smallest absolute Gasteiger partial charge is 0.308 e. The van der Waals surface area contributed by atoms with Gasteiger partial charge in [-0.05, 0) is 37.3 Å². The van der Waals surface area contributed by atoms with E-state index in [1.807, 2.05) is 35.8 Å². The first-order valence-corrected chi connectivity index (χ1v) is 8.66. The van der Waals surface area contributed by atoms with Crippen molar-refractivity contribution < 1.29 is 13.9 Å². The summed E-state index contributed by atoms with van der Waals surface area (Å²) >= 11 is 1.62. The second-order valence-electron chi connectivity index (χ2n) is 5.83. The Hall–Kier alpha value is -2.73. The maximum atomic E-state index is 13.7. The minimum absolute atomic E-state index is 0.363. The number of esters is 1. The summed E-state index contributed by atoms with van der Waals surface area (Å²) in [4.78, 5) is 16.1. The van der Waals surface area contributed by atoms with Gasteiger partial charge in [0.05, 0.1) is 28.0 Å². The third-order valence-corrected chi connectivity index (χ3v) is 5.13. The monoisotopic (exact) mass is 354 g/mol. The first-order valence-electron chi connectivity index (χ1n) is 7.84. The number of carbonyl (C=O) groups is 1. The Kier molecular flexibility index (Phi) is 3.77. The van der Waals surface area contributed by atoms with E-state index in [0.29, 0.717) is 17.7 Å². The summed E-state index contributed by atoms with van der Waals surface area (Å²) in [5, 5.41) is 1.54. The number of fused-ring (bicyclic) bond motifs is 2. The molecule has 0 spiro atoms. The molecule has 0 aliphatic heterocycles. The van der Waals surface area contributed by atoms with E-state index in [4.69, 9.17) is 4.74 Å². The van der Waals surface area contributed by atoms with Gasteiger partial charge in [-0.2, -0.15) is 0 Å². The molecule has 0 amide bonds. The number of aromatic nitrogens is 2. The fraction of sp³-hybridized carbons (Fsp3) is 0.158. The molecule has 0 N–H and O–H groups in total. The van der Waals surface area contributed by atoms with Gasteiger partial charge in [0.25, 0.3) is 0 Å². The van der Waals surface area contributed by atoms with E-state index in [1.165, 1.54) is 19.1 Å². The van der Waals surface area contributed by atoms with Crippen molar-refractivity contribution in [2.75, 3.05) is 0 Å². The van der Waals surface area contributed by atoms with Gasteiger partial charge in [0, 0.05) is 12.3 Å². The highest BCUT2D eigenvalue weighted by Gasteiger charge is 2.18. The van der Waals surface area contributed by atoms with Crippen LogP contribution in [-0.2, 0) is 11.3 Å². The van der Waals surface area contributed by atoms with Crippen molar-refractivity contribution in [2.45, 2.75) is 20.4 Å². The largest absolute Gasteiger partial charge is 0.424 e. The number of para-hydroxylation sites is 1. The Bertz CT molecular complexity index is 1080. The third-order valence-electron chi connectivity index (χ3n) is 4.10. The van der Waals surface area contributed by atoms with E-state index in [0.717, 1.165) is 26.4 Å². The first kappa shape index (κ1) is 15.8. The molecule has 126 valence electrons. The molecule has 0 saturated heterocycles. The summed E-state index contributed by atoms with van der Waals surface area (Å²) in [5.74, 6) is -0.382. The summed E-state index contributed by atoms with van der Waals surface area (Å²) in [6.45, 7) is 3.74. The van der Waals surface area contributed by atoms with Crippen LogP contribution >= 0.6 is 11.3 Å². The Morgan fingerprint density at radius 1 is 1.28 bits per heavy atom. The highest BCUT2D eigenvalue weighted by molar-refractivity contribution is 7.18. The van der Waals surface area contributed by atoms with Gasteiger partial charge < -0.3 is 9.30 Å². The van der Waals surface area contributed by atoms with Crippen LogP contribution in [0, 0.1) is 12.7 Å². The minimum atomic E-state index is -0.425. The lowest BCUT2D eigenvalue weighted by atomic mass is 10.2. The van der Waals surface area contributed by atoms with E-state index in [9.17, 15) is 9.18 Å². The van der Waals surface area contributed by atoms with Crippen LogP contribution in [0.2, 0.25) is 0 Å². The highest BCUT2D eigenvalue weighted by Crippen LogP contribution is 2.35. The molecule has 0 aliphatic carbocycles. The lowest BCUT2D eigenvalue weighted by Crippen LogP contribution is -2.04. The van der Waals surface area contributed by atoms with Gasteiger partial charge in [-0.1, -0.05) is 12.1 Å². The average Bonchev–Trinajstić information content (AvgIpc) is 3.09. The number of nitrogens with zero attached hydrogens (tertiary/aromatic N) is 2. The zero-order valence-corrected chi connectivity index (χ0v) is 14.6. The second kappa shape index (κ2) is 5.97. The van der Waals surface area contributed by atoms with Crippen LogP contribution in [0.25, 0.3) is 21.1 Å².